The summed E-state index contributed by atoms with van der Waals surface area (Å²) < 4.78 is 2.01. The lowest BCUT2D eigenvalue weighted by atomic mass is 9.77. The standard InChI is InChI=1S/C11H19N3/c1-8(2)14-6-5-10(13-14)7-9-3-4-11(9)12/h5-6,8-9,11H,3-4,7,12H2,1-2H3. The third-order valence-electron chi connectivity index (χ3n) is 3.14. The third-order valence-corrected chi connectivity index (χ3v) is 3.14. The van der Waals surface area contributed by atoms with Crippen LogP contribution in [0.1, 0.15) is 38.4 Å². The van der Waals surface area contributed by atoms with Crippen molar-refractivity contribution in [3.8, 4) is 0 Å². The Bertz CT molecular complexity index is 303. The van der Waals surface area contributed by atoms with Gasteiger partial charge in [-0.15, -0.1) is 0 Å². The first-order valence-corrected chi connectivity index (χ1v) is 5.46. The minimum Gasteiger partial charge on any atom is -0.327 e. The van der Waals surface area contributed by atoms with Crippen LogP contribution in [-0.4, -0.2) is 15.8 Å². The summed E-state index contributed by atoms with van der Waals surface area (Å²) in [4.78, 5) is 0. The fourth-order valence-electron chi connectivity index (χ4n) is 1.89. The van der Waals surface area contributed by atoms with E-state index in [9.17, 15) is 0 Å². The molecule has 0 saturated heterocycles. The molecule has 0 amide bonds. The van der Waals surface area contributed by atoms with E-state index < -0.39 is 0 Å². The minimum atomic E-state index is 0.416. The lowest BCUT2D eigenvalue weighted by molar-refractivity contribution is 0.253. The van der Waals surface area contributed by atoms with E-state index >= 15 is 0 Å². The lowest BCUT2D eigenvalue weighted by Gasteiger charge is -2.32. The first kappa shape index (κ1) is 9.71. The number of aromatic nitrogens is 2. The average molecular weight is 193 g/mol. The summed E-state index contributed by atoms with van der Waals surface area (Å²) in [5.41, 5.74) is 7.10. The van der Waals surface area contributed by atoms with Crippen LogP contribution in [-0.2, 0) is 6.42 Å². The molecule has 1 aliphatic carbocycles. The number of rotatable bonds is 3. The number of nitrogens with zero attached hydrogens (tertiary/aromatic N) is 2. The smallest absolute Gasteiger partial charge is 0.0628 e. The second-order valence-electron chi connectivity index (χ2n) is 4.59. The minimum absolute atomic E-state index is 0.416. The van der Waals surface area contributed by atoms with Crippen molar-refractivity contribution >= 4 is 0 Å². The molecule has 0 spiro atoms. The molecule has 0 bridgehead atoms. The highest BCUT2D eigenvalue weighted by Crippen LogP contribution is 2.28. The SMILES string of the molecule is CC(C)n1ccc(CC2CCC2N)n1. The molecule has 0 aromatic carbocycles. The first-order valence-electron chi connectivity index (χ1n) is 5.46. The lowest BCUT2D eigenvalue weighted by Crippen LogP contribution is -2.40. The largest absolute Gasteiger partial charge is 0.327 e. The highest BCUT2D eigenvalue weighted by atomic mass is 15.3. The monoisotopic (exact) mass is 193 g/mol. The van der Waals surface area contributed by atoms with Gasteiger partial charge >= 0.3 is 0 Å². The summed E-state index contributed by atoms with van der Waals surface area (Å²) in [5.74, 6) is 0.672. The molecule has 14 heavy (non-hydrogen) atoms. The molecular weight excluding hydrogens is 174 g/mol. The molecule has 2 atom stereocenters. The summed E-state index contributed by atoms with van der Waals surface area (Å²) in [6.07, 6.45) is 5.58. The van der Waals surface area contributed by atoms with Gasteiger partial charge in [0.15, 0.2) is 0 Å². The van der Waals surface area contributed by atoms with E-state index in [0.717, 1.165) is 6.42 Å². The van der Waals surface area contributed by atoms with Crippen molar-refractivity contribution in [2.24, 2.45) is 11.7 Å². The maximum atomic E-state index is 5.90. The molecule has 2 rings (SSSR count). The highest BCUT2D eigenvalue weighted by molar-refractivity contribution is 5.03. The maximum Gasteiger partial charge on any atom is 0.0628 e. The van der Waals surface area contributed by atoms with Crippen LogP contribution in [0.5, 0.6) is 0 Å². The van der Waals surface area contributed by atoms with Crippen LogP contribution in [0, 0.1) is 5.92 Å². The highest BCUT2D eigenvalue weighted by Gasteiger charge is 2.27. The van der Waals surface area contributed by atoms with Crippen molar-refractivity contribution in [3.05, 3.63) is 18.0 Å². The number of nitrogens with two attached hydrogens (primary N) is 1. The topological polar surface area (TPSA) is 43.8 Å². The second kappa shape index (κ2) is 3.73. The van der Waals surface area contributed by atoms with Crippen molar-refractivity contribution < 1.29 is 0 Å². The van der Waals surface area contributed by atoms with Crippen molar-refractivity contribution in [2.75, 3.05) is 0 Å². The summed E-state index contributed by atoms with van der Waals surface area (Å²) in [7, 11) is 0. The fraction of sp³-hybridized carbons (Fsp3) is 0.727. The van der Waals surface area contributed by atoms with Crippen LogP contribution in [0.3, 0.4) is 0 Å². The van der Waals surface area contributed by atoms with Crippen molar-refractivity contribution in [1.82, 2.24) is 9.78 Å². The van der Waals surface area contributed by atoms with Gasteiger partial charge in [-0.1, -0.05) is 0 Å². The van der Waals surface area contributed by atoms with Crippen LogP contribution < -0.4 is 5.73 Å². The van der Waals surface area contributed by atoms with E-state index in [4.69, 9.17) is 5.73 Å². The van der Waals surface area contributed by atoms with Gasteiger partial charge in [0.05, 0.1) is 5.69 Å². The van der Waals surface area contributed by atoms with E-state index in [1.54, 1.807) is 0 Å². The van der Waals surface area contributed by atoms with Crippen LogP contribution >= 0.6 is 0 Å². The Balaban J connectivity index is 1.96. The van der Waals surface area contributed by atoms with Gasteiger partial charge in [-0.3, -0.25) is 4.68 Å². The summed E-state index contributed by atoms with van der Waals surface area (Å²) in [5, 5.41) is 4.53. The molecular formula is C11H19N3. The molecule has 1 saturated carbocycles. The zero-order valence-electron chi connectivity index (χ0n) is 8.98. The van der Waals surface area contributed by atoms with E-state index in [0.29, 0.717) is 18.0 Å². The van der Waals surface area contributed by atoms with Gasteiger partial charge in [-0.05, 0) is 45.1 Å². The summed E-state index contributed by atoms with van der Waals surface area (Å²) in [6.45, 7) is 4.29. The van der Waals surface area contributed by atoms with Crippen LogP contribution in [0.25, 0.3) is 0 Å². The van der Waals surface area contributed by atoms with E-state index in [-0.39, 0.29) is 0 Å². The van der Waals surface area contributed by atoms with Gasteiger partial charge in [0.2, 0.25) is 0 Å². The summed E-state index contributed by atoms with van der Waals surface area (Å²) in [6, 6.07) is 2.99. The molecule has 0 radical (unpaired) electrons. The number of hydrogen-bond donors (Lipinski definition) is 1. The normalized spacial score (nSPS) is 26.6. The fourth-order valence-corrected chi connectivity index (χ4v) is 1.89. The molecule has 2 N–H and O–H groups in total. The summed E-state index contributed by atoms with van der Waals surface area (Å²) >= 11 is 0. The average Bonchev–Trinajstić information content (AvgIpc) is 2.60. The quantitative estimate of drug-likeness (QED) is 0.794. The van der Waals surface area contributed by atoms with Gasteiger partial charge in [-0.25, -0.2) is 0 Å². The third kappa shape index (κ3) is 1.82. The van der Waals surface area contributed by atoms with Crippen LogP contribution in [0.4, 0.5) is 0 Å². The van der Waals surface area contributed by atoms with Gasteiger partial charge in [0.25, 0.3) is 0 Å². The zero-order valence-corrected chi connectivity index (χ0v) is 8.98. The van der Waals surface area contributed by atoms with Crippen molar-refractivity contribution in [1.29, 1.82) is 0 Å². The van der Waals surface area contributed by atoms with Crippen LogP contribution in [0.2, 0.25) is 0 Å². The van der Waals surface area contributed by atoms with Gasteiger partial charge < -0.3 is 5.73 Å². The number of hydrogen-bond acceptors (Lipinski definition) is 2. The van der Waals surface area contributed by atoms with Gasteiger partial charge in [0.1, 0.15) is 0 Å². The molecule has 2 unspecified atom stereocenters. The maximum absolute atomic E-state index is 5.90. The van der Waals surface area contributed by atoms with Crippen molar-refractivity contribution in [3.63, 3.8) is 0 Å². The Morgan fingerprint density at radius 1 is 1.57 bits per heavy atom. The zero-order chi connectivity index (χ0) is 10.1. The molecule has 1 heterocycles. The molecule has 3 heteroatoms. The Kier molecular flexibility index (Phi) is 2.59. The predicted molar refractivity (Wildman–Crippen MR) is 57.0 cm³/mol. The molecule has 0 aliphatic heterocycles. The van der Waals surface area contributed by atoms with Crippen molar-refractivity contribution in [2.45, 2.75) is 45.2 Å². The van der Waals surface area contributed by atoms with E-state index in [2.05, 4.69) is 31.2 Å². The van der Waals surface area contributed by atoms with E-state index in [1.165, 1.54) is 18.5 Å². The Hall–Kier alpha value is -0.830. The van der Waals surface area contributed by atoms with E-state index in [1.807, 2.05) is 4.68 Å². The molecule has 1 aromatic heterocycles. The van der Waals surface area contributed by atoms with Crippen LogP contribution in [0.15, 0.2) is 12.3 Å². The Morgan fingerprint density at radius 2 is 2.36 bits per heavy atom. The molecule has 78 valence electrons. The first-order chi connectivity index (χ1) is 6.66. The van der Waals surface area contributed by atoms with Gasteiger partial charge in [-0.2, -0.15) is 5.10 Å². The molecule has 1 aromatic rings. The van der Waals surface area contributed by atoms with Gasteiger partial charge in [0, 0.05) is 18.3 Å². The molecule has 1 fully saturated rings. The molecule has 1 aliphatic rings. The predicted octanol–water partition coefficient (Wildman–Crippen LogP) is 1.74. The second-order valence-corrected chi connectivity index (χ2v) is 4.59. The Morgan fingerprint density at radius 3 is 2.79 bits per heavy atom. The molecule has 3 nitrogen and oxygen atoms in total. The Labute approximate surface area is 85.3 Å².